The summed E-state index contributed by atoms with van der Waals surface area (Å²) < 4.78 is 1.94. The second-order valence-electron chi connectivity index (χ2n) is 6.92. The molecule has 1 aromatic carbocycles. The SMILES string of the molecule is CCCCn1c(=O)c2c(c3cc(C(=O)NCC)ccc31)CCCCC2. The van der Waals surface area contributed by atoms with Crippen LogP contribution in [0.3, 0.4) is 0 Å². The molecule has 25 heavy (non-hydrogen) atoms. The van der Waals surface area contributed by atoms with E-state index in [1.165, 1.54) is 12.0 Å². The van der Waals surface area contributed by atoms with E-state index in [9.17, 15) is 9.59 Å². The Hall–Kier alpha value is -2.10. The van der Waals surface area contributed by atoms with E-state index in [0.717, 1.165) is 61.5 Å². The Morgan fingerprint density at radius 3 is 2.60 bits per heavy atom. The van der Waals surface area contributed by atoms with E-state index in [-0.39, 0.29) is 11.5 Å². The zero-order valence-corrected chi connectivity index (χ0v) is 15.4. The molecular formula is C21H28N2O2. The Kier molecular flexibility index (Phi) is 5.57. The topological polar surface area (TPSA) is 51.1 Å². The van der Waals surface area contributed by atoms with Gasteiger partial charge in [-0.1, -0.05) is 19.8 Å². The lowest BCUT2D eigenvalue weighted by molar-refractivity contribution is 0.0956. The highest BCUT2D eigenvalue weighted by Gasteiger charge is 2.19. The summed E-state index contributed by atoms with van der Waals surface area (Å²) in [5.41, 5.74) is 4.00. The highest BCUT2D eigenvalue weighted by Crippen LogP contribution is 2.27. The van der Waals surface area contributed by atoms with Gasteiger partial charge >= 0.3 is 0 Å². The van der Waals surface area contributed by atoms with E-state index in [0.29, 0.717) is 12.1 Å². The number of amides is 1. The van der Waals surface area contributed by atoms with Crippen molar-refractivity contribution in [3.8, 4) is 0 Å². The van der Waals surface area contributed by atoms with E-state index >= 15 is 0 Å². The van der Waals surface area contributed by atoms with Gasteiger partial charge in [-0.3, -0.25) is 9.59 Å². The van der Waals surface area contributed by atoms with E-state index in [1.54, 1.807) is 0 Å². The van der Waals surface area contributed by atoms with Crippen molar-refractivity contribution in [1.82, 2.24) is 9.88 Å². The monoisotopic (exact) mass is 340 g/mol. The summed E-state index contributed by atoms with van der Waals surface area (Å²) >= 11 is 0. The average Bonchev–Trinajstić information content (AvgIpc) is 2.88. The van der Waals surface area contributed by atoms with Gasteiger partial charge in [0.1, 0.15) is 0 Å². The summed E-state index contributed by atoms with van der Waals surface area (Å²) in [7, 11) is 0. The van der Waals surface area contributed by atoms with Crippen molar-refractivity contribution < 1.29 is 4.79 Å². The summed E-state index contributed by atoms with van der Waals surface area (Å²) in [6.07, 6.45) is 7.22. The molecule has 0 aliphatic heterocycles. The number of pyridine rings is 1. The number of hydrogen-bond donors (Lipinski definition) is 1. The molecule has 0 atom stereocenters. The number of unbranched alkanes of at least 4 members (excludes halogenated alkanes) is 1. The molecular weight excluding hydrogens is 312 g/mol. The molecule has 0 fully saturated rings. The first kappa shape index (κ1) is 17.7. The number of benzene rings is 1. The van der Waals surface area contributed by atoms with Gasteiger partial charge in [0.05, 0.1) is 5.52 Å². The number of rotatable bonds is 5. The van der Waals surface area contributed by atoms with Crippen LogP contribution in [0.5, 0.6) is 0 Å². The van der Waals surface area contributed by atoms with Gasteiger partial charge in [-0.15, -0.1) is 0 Å². The van der Waals surface area contributed by atoms with Crippen LogP contribution >= 0.6 is 0 Å². The lowest BCUT2D eigenvalue weighted by Crippen LogP contribution is -2.27. The molecule has 0 radical (unpaired) electrons. The highest BCUT2D eigenvalue weighted by molar-refractivity contribution is 5.98. The molecule has 1 aliphatic rings. The number of aromatic nitrogens is 1. The second-order valence-corrected chi connectivity index (χ2v) is 6.92. The number of carbonyl (C=O) groups is 1. The van der Waals surface area contributed by atoms with Gasteiger partial charge in [-0.05, 0) is 62.8 Å². The third-order valence-corrected chi connectivity index (χ3v) is 5.17. The van der Waals surface area contributed by atoms with Crippen LogP contribution in [0.1, 0.15) is 67.4 Å². The number of carbonyl (C=O) groups excluding carboxylic acids is 1. The largest absolute Gasteiger partial charge is 0.352 e. The Bertz CT molecular complexity index is 836. The minimum Gasteiger partial charge on any atom is -0.352 e. The maximum atomic E-state index is 13.1. The maximum absolute atomic E-state index is 13.1. The lowest BCUT2D eigenvalue weighted by Gasteiger charge is -2.17. The molecule has 0 bridgehead atoms. The van der Waals surface area contributed by atoms with Gasteiger partial charge < -0.3 is 9.88 Å². The smallest absolute Gasteiger partial charge is 0.254 e. The molecule has 0 unspecified atom stereocenters. The van der Waals surface area contributed by atoms with Gasteiger partial charge in [0.2, 0.25) is 0 Å². The maximum Gasteiger partial charge on any atom is 0.254 e. The first-order valence-electron chi connectivity index (χ1n) is 9.63. The van der Waals surface area contributed by atoms with Gasteiger partial charge in [-0.25, -0.2) is 0 Å². The van der Waals surface area contributed by atoms with E-state index in [2.05, 4.69) is 12.2 Å². The Morgan fingerprint density at radius 2 is 1.88 bits per heavy atom. The molecule has 0 saturated heterocycles. The first-order valence-corrected chi connectivity index (χ1v) is 9.63. The molecule has 4 nitrogen and oxygen atoms in total. The number of aryl methyl sites for hydroxylation is 2. The normalized spacial score (nSPS) is 14.2. The minimum absolute atomic E-state index is 0.0434. The predicted molar refractivity (Wildman–Crippen MR) is 102 cm³/mol. The Morgan fingerprint density at radius 1 is 1.12 bits per heavy atom. The van der Waals surface area contributed by atoms with Crippen LogP contribution in [0.4, 0.5) is 0 Å². The third-order valence-electron chi connectivity index (χ3n) is 5.17. The second kappa shape index (κ2) is 7.85. The zero-order chi connectivity index (χ0) is 17.8. The lowest BCUT2D eigenvalue weighted by atomic mass is 9.97. The zero-order valence-electron chi connectivity index (χ0n) is 15.4. The van der Waals surface area contributed by atoms with Crippen molar-refractivity contribution in [3.63, 3.8) is 0 Å². The molecule has 1 N–H and O–H groups in total. The van der Waals surface area contributed by atoms with Crippen LogP contribution in [-0.2, 0) is 19.4 Å². The molecule has 134 valence electrons. The van der Waals surface area contributed by atoms with Crippen molar-refractivity contribution in [2.24, 2.45) is 0 Å². The average molecular weight is 340 g/mol. The van der Waals surface area contributed by atoms with E-state index < -0.39 is 0 Å². The highest BCUT2D eigenvalue weighted by atomic mass is 16.1. The third kappa shape index (κ3) is 3.48. The van der Waals surface area contributed by atoms with Gasteiger partial charge in [0, 0.05) is 29.6 Å². The summed E-state index contributed by atoms with van der Waals surface area (Å²) in [5, 5.41) is 3.97. The molecule has 1 aliphatic carbocycles. The van der Waals surface area contributed by atoms with Gasteiger partial charge in [-0.2, -0.15) is 0 Å². The van der Waals surface area contributed by atoms with Crippen molar-refractivity contribution in [2.75, 3.05) is 6.54 Å². The van der Waals surface area contributed by atoms with Crippen molar-refractivity contribution in [1.29, 1.82) is 0 Å². The van der Waals surface area contributed by atoms with Crippen molar-refractivity contribution in [2.45, 2.75) is 65.3 Å². The summed E-state index contributed by atoms with van der Waals surface area (Å²) in [6, 6.07) is 5.80. The summed E-state index contributed by atoms with van der Waals surface area (Å²) in [4.78, 5) is 25.4. The fourth-order valence-electron chi connectivity index (χ4n) is 3.84. The summed E-state index contributed by atoms with van der Waals surface area (Å²) in [6.45, 7) is 5.43. The van der Waals surface area contributed by atoms with Crippen molar-refractivity contribution in [3.05, 3.63) is 45.2 Å². The fraction of sp³-hybridized carbons (Fsp3) is 0.524. The quantitative estimate of drug-likeness (QED) is 0.841. The van der Waals surface area contributed by atoms with Gasteiger partial charge in [0.15, 0.2) is 0 Å². The van der Waals surface area contributed by atoms with Crippen LogP contribution in [0, 0.1) is 0 Å². The van der Waals surface area contributed by atoms with Crippen LogP contribution in [0.25, 0.3) is 10.9 Å². The number of hydrogen-bond acceptors (Lipinski definition) is 2. The molecule has 3 rings (SSSR count). The summed E-state index contributed by atoms with van der Waals surface area (Å²) in [5.74, 6) is -0.0434. The molecule has 2 aromatic rings. The van der Waals surface area contributed by atoms with E-state index in [1.807, 2.05) is 29.7 Å². The van der Waals surface area contributed by atoms with Gasteiger partial charge in [0.25, 0.3) is 11.5 Å². The molecule has 1 amide bonds. The molecule has 0 saturated carbocycles. The van der Waals surface area contributed by atoms with Crippen LogP contribution in [0.2, 0.25) is 0 Å². The first-order chi connectivity index (χ1) is 12.2. The number of nitrogens with zero attached hydrogens (tertiary/aromatic N) is 1. The standard InChI is InChI=1S/C21H28N2O2/c1-3-5-13-23-19-12-11-15(20(24)22-4-2)14-18(19)16-9-7-6-8-10-17(16)21(23)25/h11-12,14H,3-10,13H2,1-2H3,(H,22,24). The van der Waals surface area contributed by atoms with Crippen LogP contribution in [0.15, 0.2) is 23.0 Å². The van der Waals surface area contributed by atoms with E-state index in [4.69, 9.17) is 0 Å². The van der Waals surface area contributed by atoms with Crippen LogP contribution < -0.4 is 10.9 Å². The molecule has 1 heterocycles. The Balaban J connectivity index is 2.23. The number of fused-ring (bicyclic) bond motifs is 3. The molecule has 1 aromatic heterocycles. The fourth-order valence-corrected chi connectivity index (χ4v) is 3.84. The molecule has 0 spiro atoms. The predicted octanol–water partition coefficient (Wildman–Crippen LogP) is 3.82. The van der Waals surface area contributed by atoms with Crippen LogP contribution in [-0.4, -0.2) is 17.0 Å². The minimum atomic E-state index is -0.0434. The van der Waals surface area contributed by atoms with Crippen molar-refractivity contribution >= 4 is 16.8 Å². The molecule has 4 heteroatoms. The number of nitrogens with one attached hydrogen (secondary N) is 1. The Labute approximate surface area is 149 Å².